The Morgan fingerprint density at radius 2 is 2.19 bits per heavy atom. The van der Waals surface area contributed by atoms with Gasteiger partial charge >= 0.3 is 0 Å². The van der Waals surface area contributed by atoms with Crippen molar-refractivity contribution in [3.05, 3.63) is 11.6 Å². The molecule has 3 rings (SSSR count). The highest BCUT2D eigenvalue weighted by atomic mass is 32.2. The summed E-state index contributed by atoms with van der Waals surface area (Å²) in [4.78, 5) is 4.96. The quantitative estimate of drug-likeness (QED) is 0.867. The van der Waals surface area contributed by atoms with Crippen molar-refractivity contribution in [3.63, 3.8) is 0 Å². The van der Waals surface area contributed by atoms with Crippen LogP contribution in [-0.4, -0.2) is 54.0 Å². The Labute approximate surface area is 127 Å². The van der Waals surface area contributed by atoms with Crippen LogP contribution in [-0.2, 0) is 10.0 Å². The van der Waals surface area contributed by atoms with E-state index in [9.17, 15) is 8.42 Å². The van der Waals surface area contributed by atoms with Crippen LogP contribution in [0.1, 0.15) is 12.8 Å². The molecule has 0 bridgehead atoms. The molecule has 1 fully saturated rings. The first-order valence-corrected chi connectivity index (χ1v) is 9.14. The first-order valence-electron chi connectivity index (χ1n) is 6.82. The lowest BCUT2D eigenvalue weighted by atomic mass is 10.00. The number of aliphatic hydroxyl groups excluding tert-OH is 1. The second-order valence-corrected chi connectivity index (χ2v) is 7.83. The van der Waals surface area contributed by atoms with Gasteiger partial charge in [-0.05, 0) is 18.8 Å². The highest BCUT2D eigenvalue weighted by molar-refractivity contribution is 7.89. The number of imidazole rings is 1. The number of rotatable bonds is 4. The van der Waals surface area contributed by atoms with Crippen molar-refractivity contribution in [3.8, 4) is 0 Å². The van der Waals surface area contributed by atoms with Crippen molar-refractivity contribution < 1.29 is 13.5 Å². The second-order valence-electron chi connectivity index (χ2n) is 5.10. The molecule has 0 aromatic carbocycles. The number of piperidine rings is 1. The molecule has 1 saturated heterocycles. The summed E-state index contributed by atoms with van der Waals surface area (Å²) < 4.78 is 28.9. The largest absolute Gasteiger partial charge is 0.396 e. The fraction of sp³-hybridized carbons (Fsp3) is 0.583. The Hall–Kier alpha value is -1.16. The first kappa shape index (κ1) is 14.8. The molecule has 2 aromatic rings. The Balaban J connectivity index is 1.98. The lowest BCUT2D eigenvalue weighted by molar-refractivity contribution is 0.170. The number of fused-ring (bicyclic) bond motifs is 1. The average molecular weight is 330 g/mol. The number of sulfonamides is 1. The maximum atomic E-state index is 12.9. The number of anilines is 1. The molecule has 0 unspecified atom stereocenters. The van der Waals surface area contributed by atoms with E-state index in [-0.39, 0.29) is 17.6 Å². The Morgan fingerprint density at radius 3 is 2.81 bits per heavy atom. The summed E-state index contributed by atoms with van der Waals surface area (Å²) in [7, 11) is -1.92. The molecule has 0 saturated carbocycles. The van der Waals surface area contributed by atoms with Crippen LogP contribution < -0.4 is 5.32 Å². The van der Waals surface area contributed by atoms with Crippen molar-refractivity contribution in [1.29, 1.82) is 0 Å². The van der Waals surface area contributed by atoms with Crippen molar-refractivity contribution in [2.24, 2.45) is 5.92 Å². The Bertz CT molecular complexity index is 729. The minimum atomic E-state index is -3.59. The molecule has 21 heavy (non-hydrogen) atoms. The third kappa shape index (κ3) is 2.44. The molecule has 1 aliphatic heterocycles. The molecule has 0 aliphatic carbocycles. The number of nitrogens with zero attached hydrogens (tertiary/aromatic N) is 3. The van der Waals surface area contributed by atoms with Gasteiger partial charge in [-0.1, -0.05) is 0 Å². The van der Waals surface area contributed by atoms with E-state index in [1.807, 2.05) is 5.38 Å². The summed E-state index contributed by atoms with van der Waals surface area (Å²) >= 11 is 1.40. The third-order valence-corrected chi connectivity index (χ3v) is 6.55. The number of aliphatic hydroxyl groups is 1. The molecule has 0 spiro atoms. The molecular formula is C12H18N4O3S2. The number of nitrogens with one attached hydrogen (secondary N) is 1. The van der Waals surface area contributed by atoms with E-state index in [0.717, 1.165) is 0 Å². The summed E-state index contributed by atoms with van der Waals surface area (Å²) in [5.74, 6) is 0.581. The van der Waals surface area contributed by atoms with Gasteiger partial charge in [0.15, 0.2) is 15.8 Å². The van der Waals surface area contributed by atoms with Crippen molar-refractivity contribution >= 4 is 32.1 Å². The second kappa shape index (κ2) is 5.56. The van der Waals surface area contributed by atoms with E-state index in [1.54, 1.807) is 17.6 Å². The molecule has 0 radical (unpaired) electrons. The van der Waals surface area contributed by atoms with Crippen LogP contribution in [0.3, 0.4) is 0 Å². The van der Waals surface area contributed by atoms with Crippen molar-refractivity contribution in [1.82, 2.24) is 13.7 Å². The van der Waals surface area contributed by atoms with Crippen molar-refractivity contribution in [2.45, 2.75) is 17.9 Å². The van der Waals surface area contributed by atoms with Gasteiger partial charge in [-0.2, -0.15) is 4.31 Å². The zero-order valence-corrected chi connectivity index (χ0v) is 13.3. The van der Waals surface area contributed by atoms with Gasteiger partial charge in [0.1, 0.15) is 0 Å². The van der Waals surface area contributed by atoms with Crippen LogP contribution in [0, 0.1) is 5.92 Å². The molecule has 1 aliphatic rings. The van der Waals surface area contributed by atoms with Crippen molar-refractivity contribution in [2.75, 3.05) is 32.1 Å². The van der Waals surface area contributed by atoms with Gasteiger partial charge in [0.25, 0.3) is 10.0 Å². The normalized spacial score (nSPS) is 18.4. The van der Waals surface area contributed by atoms with Crippen LogP contribution in [0.25, 0.3) is 4.96 Å². The summed E-state index contributed by atoms with van der Waals surface area (Å²) in [6, 6.07) is 0. The first-order chi connectivity index (χ1) is 10.1. The van der Waals surface area contributed by atoms with E-state index in [4.69, 9.17) is 5.11 Å². The van der Waals surface area contributed by atoms with Crippen LogP contribution >= 0.6 is 11.3 Å². The predicted molar refractivity (Wildman–Crippen MR) is 81.2 cm³/mol. The average Bonchev–Trinajstić information content (AvgIpc) is 3.06. The summed E-state index contributed by atoms with van der Waals surface area (Å²) in [5.41, 5.74) is 0. The number of hydrogen-bond acceptors (Lipinski definition) is 6. The molecule has 2 aromatic heterocycles. The van der Waals surface area contributed by atoms with Crippen LogP contribution in [0.15, 0.2) is 16.6 Å². The summed E-state index contributed by atoms with van der Waals surface area (Å²) in [5, 5.41) is 14.1. The van der Waals surface area contributed by atoms with Crippen LogP contribution in [0.5, 0.6) is 0 Å². The topological polar surface area (TPSA) is 86.9 Å². The fourth-order valence-corrected chi connectivity index (χ4v) is 5.12. The minimum absolute atomic E-state index is 0.122. The lowest BCUT2D eigenvalue weighted by Gasteiger charge is -2.30. The number of thiazole rings is 1. The minimum Gasteiger partial charge on any atom is -0.396 e. The van der Waals surface area contributed by atoms with Crippen LogP contribution in [0.4, 0.5) is 5.82 Å². The monoisotopic (exact) mass is 330 g/mol. The third-order valence-electron chi connectivity index (χ3n) is 3.87. The van der Waals surface area contributed by atoms with Gasteiger partial charge in [0.05, 0.1) is 0 Å². The summed E-state index contributed by atoms with van der Waals surface area (Å²) in [6.45, 7) is 0.999. The van der Waals surface area contributed by atoms with Gasteiger partial charge in [-0.15, -0.1) is 11.3 Å². The summed E-state index contributed by atoms with van der Waals surface area (Å²) in [6.07, 6.45) is 3.10. The van der Waals surface area contributed by atoms with E-state index >= 15 is 0 Å². The van der Waals surface area contributed by atoms with E-state index in [2.05, 4.69) is 10.3 Å². The standard InChI is InChI=1S/C12H18N4O3S2/c1-13-10-11(16-6-7-20-12(16)14-10)21(18,19)15-4-2-9(8-17)3-5-15/h6-7,9,13,17H,2-5,8H2,1H3. The molecule has 9 heteroatoms. The maximum absolute atomic E-state index is 12.9. The molecule has 0 atom stereocenters. The number of aromatic nitrogens is 2. The van der Waals surface area contributed by atoms with Gasteiger partial charge in [-0.3, -0.25) is 4.40 Å². The Morgan fingerprint density at radius 1 is 1.48 bits per heavy atom. The molecule has 7 nitrogen and oxygen atoms in total. The van der Waals surface area contributed by atoms with E-state index in [0.29, 0.717) is 36.7 Å². The SMILES string of the molecule is CNc1nc2sccn2c1S(=O)(=O)N1CCC(CO)CC1. The molecule has 3 heterocycles. The van der Waals surface area contributed by atoms with Gasteiger partial charge in [0, 0.05) is 38.3 Å². The smallest absolute Gasteiger partial charge is 0.262 e. The number of hydrogen-bond donors (Lipinski definition) is 2. The van der Waals surface area contributed by atoms with E-state index in [1.165, 1.54) is 15.6 Å². The maximum Gasteiger partial charge on any atom is 0.262 e. The van der Waals surface area contributed by atoms with Gasteiger partial charge in [-0.25, -0.2) is 13.4 Å². The zero-order chi connectivity index (χ0) is 15.0. The molecule has 2 N–H and O–H groups in total. The Kier molecular flexibility index (Phi) is 3.91. The van der Waals surface area contributed by atoms with Gasteiger partial charge in [0.2, 0.25) is 0 Å². The molecular weight excluding hydrogens is 312 g/mol. The zero-order valence-electron chi connectivity index (χ0n) is 11.7. The van der Waals surface area contributed by atoms with Crippen LogP contribution in [0.2, 0.25) is 0 Å². The fourth-order valence-electron chi connectivity index (χ4n) is 2.63. The lowest BCUT2D eigenvalue weighted by Crippen LogP contribution is -2.39. The highest BCUT2D eigenvalue weighted by Gasteiger charge is 2.34. The van der Waals surface area contributed by atoms with E-state index < -0.39 is 10.0 Å². The van der Waals surface area contributed by atoms with Gasteiger partial charge < -0.3 is 10.4 Å². The highest BCUT2D eigenvalue weighted by Crippen LogP contribution is 2.30. The molecule has 0 amide bonds. The molecule has 116 valence electrons. The predicted octanol–water partition coefficient (Wildman–Crippen LogP) is 0.831.